The van der Waals surface area contributed by atoms with Crippen molar-refractivity contribution in [3.63, 3.8) is 0 Å². The molecule has 0 atom stereocenters. The van der Waals surface area contributed by atoms with Crippen LogP contribution in [0, 0.1) is 0 Å². The van der Waals surface area contributed by atoms with E-state index >= 15 is 0 Å². The van der Waals surface area contributed by atoms with Gasteiger partial charge in [0, 0.05) is 15.9 Å². The first-order valence-electron chi connectivity index (χ1n) is 7.24. The number of hydrogen-bond acceptors (Lipinski definition) is 2. The fourth-order valence-electron chi connectivity index (χ4n) is 2.66. The largest absolute Gasteiger partial charge is 0.366 e. The van der Waals surface area contributed by atoms with Gasteiger partial charge in [-0.1, -0.05) is 78.9 Å². The van der Waals surface area contributed by atoms with E-state index in [2.05, 4.69) is 0 Å². The topological polar surface area (TPSA) is 60.2 Å². The quantitative estimate of drug-likeness (QED) is 0.750. The zero-order valence-corrected chi connectivity index (χ0v) is 13.3. The zero-order valence-electron chi connectivity index (χ0n) is 12.4. The van der Waals surface area contributed by atoms with Crippen LogP contribution in [-0.4, -0.2) is 5.91 Å². The van der Waals surface area contributed by atoms with Crippen LogP contribution in [0.25, 0.3) is 0 Å². The van der Waals surface area contributed by atoms with Crippen LogP contribution in [0.2, 0.25) is 0 Å². The lowest BCUT2D eigenvalue weighted by Gasteiger charge is -2.21. The lowest BCUT2D eigenvalue weighted by atomic mass is 10.2. The van der Waals surface area contributed by atoms with Crippen molar-refractivity contribution in [3.05, 3.63) is 90.5 Å². The Morgan fingerprint density at radius 3 is 1.61 bits per heavy atom. The number of benzene rings is 3. The van der Waals surface area contributed by atoms with E-state index in [1.54, 1.807) is 24.3 Å². The second-order valence-corrected chi connectivity index (χ2v) is 7.89. The van der Waals surface area contributed by atoms with Gasteiger partial charge in [0.15, 0.2) is 7.14 Å². The summed E-state index contributed by atoms with van der Waals surface area (Å²) in [6.07, 6.45) is 0. The Morgan fingerprint density at radius 1 is 0.696 bits per heavy atom. The molecule has 2 N–H and O–H groups in total. The summed E-state index contributed by atoms with van der Waals surface area (Å²) in [4.78, 5) is 11.8. The van der Waals surface area contributed by atoms with Gasteiger partial charge >= 0.3 is 0 Å². The van der Waals surface area contributed by atoms with Gasteiger partial charge < -0.3 is 10.3 Å². The molecular weight excluding hydrogens is 305 g/mol. The molecule has 0 bridgehead atoms. The van der Waals surface area contributed by atoms with Crippen molar-refractivity contribution in [2.45, 2.75) is 0 Å². The SMILES string of the molecule is NC(=O)c1ccccc1P(=O)(c1ccccc1)c1ccccc1. The lowest BCUT2D eigenvalue weighted by molar-refractivity contribution is 0.100. The second kappa shape index (κ2) is 6.23. The molecule has 1 amide bonds. The molecule has 114 valence electrons. The molecule has 4 heteroatoms. The van der Waals surface area contributed by atoms with Crippen molar-refractivity contribution in [2.24, 2.45) is 5.73 Å². The van der Waals surface area contributed by atoms with Gasteiger partial charge in [0.05, 0.1) is 5.56 Å². The number of amides is 1. The van der Waals surface area contributed by atoms with Crippen LogP contribution < -0.4 is 21.6 Å². The third-order valence-corrected chi connectivity index (χ3v) is 6.87. The summed E-state index contributed by atoms with van der Waals surface area (Å²) >= 11 is 0. The van der Waals surface area contributed by atoms with Gasteiger partial charge in [-0.3, -0.25) is 4.79 Å². The first kappa shape index (κ1) is 15.3. The molecule has 3 aromatic carbocycles. The first-order chi connectivity index (χ1) is 11.1. The molecule has 0 aliphatic rings. The summed E-state index contributed by atoms with van der Waals surface area (Å²) in [5, 5.41) is 1.84. The zero-order chi connectivity index (χ0) is 16.3. The summed E-state index contributed by atoms with van der Waals surface area (Å²) in [7, 11) is -3.17. The Labute approximate surface area is 135 Å². The Kier molecular flexibility index (Phi) is 4.14. The van der Waals surface area contributed by atoms with Crippen molar-refractivity contribution in [1.29, 1.82) is 0 Å². The van der Waals surface area contributed by atoms with Gasteiger partial charge in [-0.25, -0.2) is 0 Å². The summed E-state index contributed by atoms with van der Waals surface area (Å²) in [6.45, 7) is 0. The van der Waals surface area contributed by atoms with Crippen LogP contribution in [0.4, 0.5) is 0 Å². The monoisotopic (exact) mass is 321 g/mol. The van der Waals surface area contributed by atoms with Crippen molar-refractivity contribution >= 4 is 29.0 Å². The van der Waals surface area contributed by atoms with Gasteiger partial charge in [-0.2, -0.15) is 0 Å². The van der Waals surface area contributed by atoms with Gasteiger partial charge in [0.1, 0.15) is 0 Å². The Hall–Kier alpha value is -2.64. The minimum absolute atomic E-state index is 0.295. The van der Waals surface area contributed by atoms with Crippen molar-refractivity contribution < 1.29 is 9.36 Å². The van der Waals surface area contributed by atoms with Crippen LogP contribution in [0.1, 0.15) is 10.4 Å². The number of primary amides is 1. The van der Waals surface area contributed by atoms with E-state index in [0.717, 1.165) is 0 Å². The highest BCUT2D eigenvalue weighted by atomic mass is 31.2. The van der Waals surface area contributed by atoms with Gasteiger partial charge in [-0.15, -0.1) is 0 Å². The number of nitrogens with two attached hydrogens (primary N) is 1. The molecule has 0 aromatic heterocycles. The minimum Gasteiger partial charge on any atom is -0.366 e. The van der Waals surface area contributed by atoms with Crippen LogP contribution in [0.3, 0.4) is 0 Å². The molecular formula is C19H16NO2P. The van der Waals surface area contributed by atoms with Gasteiger partial charge in [-0.05, 0) is 6.07 Å². The standard InChI is InChI=1S/C19H16NO2P/c20-19(21)17-13-7-8-14-18(17)23(22,15-9-3-1-4-10-15)16-11-5-2-6-12-16/h1-14H,(H2,20,21). The molecule has 0 heterocycles. The molecule has 3 nitrogen and oxygen atoms in total. The Morgan fingerprint density at radius 2 is 1.13 bits per heavy atom. The highest BCUT2D eigenvalue weighted by Crippen LogP contribution is 2.43. The molecule has 3 rings (SSSR count). The highest BCUT2D eigenvalue weighted by Gasteiger charge is 2.32. The lowest BCUT2D eigenvalue weighted by Crippen LogP contribution is -2.30. The average Bonchev–Trinajstić information content (AvgIpc) is 2.62. The van der Waals surface area contributed by atoms with Crippen molar-refractivity contribution in [1.82, 2.24) is 0 Å². The molecule has 23 heavy (non-hydrogen) atoms. The minimum atomic E-state index is -3.17. The molecule has 3 aromatic rings. The van der Waals surface area contributed by atoms with Crippen LogP contribution in [0.5, 0.6) is 0 Å². The third kappa shape index (κ3) is 2.71. The maximum atomic E-state index is 14.1. The molecule has 0 saturated heterocycles. The molecule has 0 fully saturated rings. The number of carbonyl (C=O) groups is 1. The number of carbonyl (C=O) groups excluding carboxylic acids is 1. The molecule has 0 aliphatic heterocycles. The van der Waals surface area contributed by atoms with Crippen LogP contribution >= 0.6 is 7.14 Å². The second-order valence-electron chi connectivity index (χ2n) is 5.16. The summed E-state index contributed by atoms with van der Waals surface area (Å²) in [5.41, 5.74) is 5.80. The fourth-order valence-corrected chi connectivity index (χ4v) is 5.52. The summed E-state index contributed by atoms with van der Waals surface area (Å²) in [5.74, 6) is -0.576. The Bertz CT molecular complexity index is 833. The Balaban J connectivity index is 2.35. The van der Waals surface area contributed by atoms with E-state index in [1.165, 1.54) is 0 Å². The molecule has 0 unspecified atom stereocenters. The number of rotatable bonds is 4. The van der Waals surface area contributed by atoms with Gasteiger partial charge in [0.2, 0.25) is 5.91 Å². The van der Waals surface area contributed by atoms with Crippen molar-refractivity contribution in [2.75, 3.05) is 0 Å². The van der Waals surface area contributed by atoms with E-state index in [1.807, 2.05) is 60.7 Å². The maximum absolute atomic E-state index is 14.1. The predicted octanol–water partition coefficient (Wildman–Crippen LogP) is 2.42. The number of hydrogen-bond donors (Lipinski definition) is 1. The van der Waals surface area contributed by atoms with E-state index in [9.17, 15) is 9.36 Å². The molecule has 0 spiro atoms. The predicted molar refractivity (Wildman–Crippen MR) is 94.4 cm³/mol. The van der Waals surface area contributed by atoms with Crippen molar-refractivity contribution in [3.8, 4) is 0 Å². The third-order valence-electron chi connectivity index (χ3n) is 3.75. The summed E-state index contributed by atoms with van der Waals surface area (Å²) in [6, 6.07) is 25.3. The van der Waals surface area contributed by atoms with E-state index < -0.39 is 13.0 Å². The first-order valence-corrected chi connectivity index (χ1v) is 8.95. The molecule has 0 radical (unpaired) electrons. The average molecular weight is 321 g/mol. The summed E-state index contributed by atoms with van der Waals surface area (Å²) < 4.78 is 14.1. The molecule has 0 saturated carbocycles. The maximum Gasteiger partial charge on any atom is 0.249 e. The fraction of sp³-hybridized carbons (Fsp3) is 0. The van der Waals surface area contributed by atoms with Crippen LogP contribution in [-0.2, 0) is 4.57 Å². The van der Waals surface area contributed by atoms with Gasteiger partial charge in [0.25, 0.3) is 0 Å². The van der Waals surface area contributed by atoms with E-state index in [-0.39, 0.29) is 0 Å². The van der Waals surface area contributed by atoms with E-state index in [0.29, 0.717) is 21.5 Å². The normalized spacial score (nSPS) is 11.1. The van der Waals surface area contributed by atoms with Crippen LogP contribution in [0.15, 0.2) is 84.9 Å². The highest BCUT2D eigenvalue weighted by molar-refractivity contribution is 7.85. The smallest absolute Gasteiger partial charge is 0.249 e. The van der Waals surface area contributed by atoms with E-state index in [4.69, 9.17) is 5.73 Å². The molecule has 0 aliphatic carbocycles.